The monoisotopic (exact) mass is 283 g/mol. The van der Waals surface area contributed by atoms with Gasteiger partial charge >= 0.3 is 0 Å². The van der Waals surface area contributed by atoms with Gasteiger partial charge in [0.2, 0.25) is 0 Å². The molecule has 0 unspecified atom stereocenters. The molecule has 86 valence electrons. The molecule has 1 saturated carbocycles. The number of hydrogen-bond donors (Lipinski definition) is 1. The molecule has 4 heteroatoms. The lowest BCUT2D eigenvalue weighted by Crippen LogP contribution is -2.41. The predicted molar refractivity (Wildman–Crippen MR) is 65.5 cm³/mol. The van der Waals surface area contributed by atoms with Crippen LogP contribution < -0.4 is 0 Å². The summed E-state index contributed by atoms with van der Waals surface area (Å²) in [4.78, 5) is 13.8. The average molecular weight is 284 g/mol. The minimum Gasteiger partial charge on any atom is -0.507 e. The Morgan fingerprint density at radius 2 is 2.19 bits per heavy atom. The van der Waals surface area contributed by atoms with Crippen LogP contribution in [0.1, 0.15) is 29.6 Å². The molecule has 3 nitrogen and oxygen atoms in total. The summed E-state index contributed by atoms with van der Waals surface area (Å²) >= 11 is 3.19. The van der Waals surface area contributed by atoms with Gasteiger partial charge in [-0.25, -0.2) is 0 Å². The van der Waals surface area contributed by atoms with Crippen LogP contribution in [0.4, 0.5) is 0 Å². The summed E-state index contributed by atoms with van der Waals surface area (Å²) in [7, 11) is 1.82. The van der Waals surface area contributed by atoms with Crippen molar-refractivity contribution >= 4 is 21.8 Å². The molecule has 0 aliphatic heterocycles. The zero-order chi connectivity index (χ0) is 11.7. The van der Waals surface area contributed by atoms with Crippen LogP contribution in [-0.2, 0) is 0 Å². The molecule has 1 aromatic carbocycles. The number of phenolic OH excluding ortho intramolecular Hbond substituents is 1. The SMILES string of the molecule is CN(C(=O)c1ccc(Br)c(O)c1)C1CCC1. The minimum absolute atomic E-state index is 0.0208. The normalized spacial score (nSPS) is 15.6. The number of carbonyl (C=O) groups is 1. The number of nitrogens with zero attached hydrogens (tertiary/aromatic N) is 1. The molecule has 0 bridgehead atoms. The number of carbonyl (C=O) groups excluding carboxylic acids is 1. The van der Waals surface area contributed by atoms with Gasteiger partial charge in [0.1, 0.15) is 5.75 Å². The van der Waals surface area contributed by atoms with Crippen molar-refractivity contribution in [1.82, 2.24) is 4.90 Å². The first kappa shape index (κ1) is 11.5. The summed E-state index contributed by atoms with van der Waals surface area (Å²) in [6, 6.07) is 5.29. The highest BCUT2D eigenvalue weighted by Gasteiger charge is 2.26. The van der Waals surface area contributed by atoms with Crippen molar-refractivity contribution in [3.8, 4) is 5.75 Å². The van der Waals surface area contributed by atoms with E-state index < -0.39 is 0 Å². The van der Waals surface area contributed by atoms with Gasteiger partial charge in [-0.3, -0.25) is 4.79 Å². The predicted octanol–water partition coefficient (Wildman–Crippen LogP) is 2.78. The van der Waals surface area contributed by atoms with Crippen LogP contribution in [0.5, 0.6) is 5.75 Å². The fraction of sp³-hybridized carbons (Fsp3) is 0.417. The van der Waals surface area contributed by atoms with Crippen molar-refractivity contribution in [3.63, 3.8) is 0 Å². The fourth-order valence-corrected chi connectivity index (χ4v) is 2.04. The average Bonchev–Trinajstić information content (AvgIpc) is 2.18. The van der Waals surface area contributed by atoms with Crippen LogP contribution >= 0.6 is 15.9 Å². The van der Waals surface area contributed by atoms with Crippen LogP contribution in [0.15, 0.2) is 22.7 Å². The van der Waals surface area contributed by atoms with Gasteiger partial charge in [-0.05, 0) is 53.4 Å². The molecule has 1 aliphatic carbocycles. The van der Waals surface area contributed by atoms with Crippen molar-refractivity contribution in [2.75, 3.05) is 7.05 Å². The van der Waals surface area contributed by atoms with E-state index in [2.05, 4.69) is 15.9 Å². The summed E-state index contributed by atoms with van der Waals surface area (Å²) in [5.41, 5.74) is 0.537. The van der Waals surface area contributed by atoms with E-state index in [1.807, 2.05) is 7.05 Å². The van der Waals surface area contributed by atoms with E-state index in [0.717, 1.165) is 12.8 Å². The Bertz CT molecular complexity index is 415. The van der Waals surface area contributed by atoms with Crippen LogP contribution in [-0.4, -0.2) is 29.0 Å². The van der Waals surface area contributed by atoms with Gasteiger partial charge in [-0.1, -0.05) is 0 Å². The van der Waals surface area contributed by atoms with Crippen molar-refractivity contribution in [1.29, 1.82) is 0 Å². The van der Waals surface area contributed by atoms with E-state index >= 15 is 0 Å². The van der Waals surface area contributed by atoms with Crippen molar-refractivity contribution in [3.05, 3.63) is 28.2 Å². The number of amides is 1. The maximum atomic E-state index is 12.0. The lowest BCUT2D eigenvalue weighted by molar-refractivity contribution is 0.0651. The molecule has 0 atom stereocenters. The third-order valence-electron chi connectivity index (χ3n) is 3.14. The van der Waals surface area contributed by atoms with Gasteiger partial charge in [-0.15, -0.1) is 0 Å². The molecule has 1 N–H and O–H groups in total. The molecule has 0 spiro atoms. The second kappa shape index (κ2) is 4.45. The van der Waals surface area contributed by atoms with E-state index in [1.54, 1.807) is 17.0 Å². The second-order valence-corrected chi connectivity index (χ2v) is 5.02. The van der Waals surface area contributed by atoms with E-state index in [1.165, 1.54) is 12.5 Å². The van der Waals surface area contributed by atoms with Crippen molar-refractivity contribution in [2.24, 2.45) is 0 Å². The van der Waals surface area contributed by atoms with Crippen molar-refractivity contribution < 1.29 is 9.90 Å². The van der Waals surface area contributed by atoms with Gasteiger partial charge in [0.05, 0.1) is 4.47 Å². The number of aromatic hydroxyl groups is 1. The number of phenols is 1. The van der Waals surface area contributed by atoms with Crippen LogP contribution in [0, 0.1) is 0 Å². The van der Waals surface area contributed by atoms with Gasteiger partial charge in [0, 0.05) is 18.7 Å². The highest BCUT2D eigenvalue weighted by molar-refractivity contribution is 9.10. The zero-order valence-corrected chi connectivity index (χ0v) is 10.7. The number of rotatable bonds is 2. The molecule has 1 amide bonds. The smallest absolute Gasteiger partial charge is 0.253 e. The Morgan fingerprint density at radius 3 is 2.69 bits per heavy atom. The topological polar surface area (TPSA) is 40.5 Å². The number of hydrogen-bond acceptors (Lipinski definition) is 2. The highest BCUT2D eigenvalue weighted by Crippen LogP contribution is 2.28. The van der Waals surface area contributed by atoms with E-state index in [-0.39, 0.29) is 11.7 Å². The summed E-state index contributed by atoms with van der Waals surface area (Å²) in [5.74, 6) is 0.0837. The fourth-order valence-electron chi connectivity index (χ4n) is 1.79. The standard InChI is InChI=1S/C12H14BrNO2/c1-14(9-3-2-4-9)12(16)8-5-6-10(13)11(15)7-8/h5-7,9,15H,2-4H2,1H3. The Hall–Kier alpha value is -1.03. The minimum atomic E-state index is -0.0208. The Morgan fingerprint density at radius 1 is 1.50 bits per heavy atom. The molecule has 0 aromatic heterocycles. The number of halogens is 1. The summed E-state index contributed by atoms with van der Waals surface area (Å²) in [5, 5.41) is 9.52. The van der Waals surface area contributed by atoms with E-state index in [4.69, 9.17) is 0 Å². The highest BCUT2D eigenvalue weighted by atomic mass is 79.9. The molecule has 2 rings (SSSR count). The van der Waals surface area contributed by atoms with Crippen LogP contribution in [0.3, 0.4) is 0 Å². The van der Waals surface area contributed by atoms with Gasteiger partial charge in [0.15, 0.2) is 0 Å². The van der Waals surface area contributed by atoms with Crippen LogP contribution in [0.2, 0.25) is 0 Å². The molecule has 0 radical (unpaired) electrons. The third kappa shape index (κ3) is 2.07. The third-order valence-corrected chi connectivity index (χ3v) is 3.81. The first-order valence-electron chi connectivity index (χ1n) is 5.35. The molecule has 0 heterocycles. The summed E-state index contributed by atoms with van der Waals surface area (Å²) < 4.78 is 0.607. The lowest BCUT2D eigenvalue weighted by atomic mass is 9.91. The Kier molecular flexibility index (Phi) is 3.19. The molecular formula is C12H14BrNO2. The quantitative estimate of drug-likeness (QED) is 0.907. The molecule has 0 saturated heterocycles. The molecular weight excluding hydrogens is 270 g/mol. The Balaban J connectivity index is 2.16. The first-order chi connectivity index (χ1) is 7.59. The van der Waals surface area contributed by atoms with Crippen LogP contribution in [0.25, 0.3) is 0 Å². The Labute approximate surface area is 103 Å². The van der Waals surface area contributed by atoms with E-state index in [0.29, 0.717) is 16.1 Å². The molecule has 1 aromatic rings. The van der Waals surface area contributed by atoms with E-state index in [9.17, 15) is 9.90 Å². The molecule has 1 fully saturated rings. The molecule has 1 aliphatic rings. The largest absolute Gasteiger partial charge is 0.507 e. The summed E-state index contributed by atoms with van der Waals surface area (Å²) in [6.45, 7) is 0. The second-order valence-electron chi connectivity index (χ2n) is 4.17. The molecule has 16 heavy (non-hydrogen) atoms. The maximum Gasteiger partial charge on any atom is 0.253 e. The first-order valence-corrected chi connectivity index (χ1v) is 6.14. The lowest BCUT2D eigenvalue weighted by Gasteiger charge is -2.34. The van der Waals surface area contributed by atoms with Crippen molar-refractivity contribution in [2.45, 2.75) is 25.3 Å². The zero-order valence-electron chi connectivity index (χ0n) is 9.11. The van der Waals surface area contributed by atoms with Gasteiger partial charge in [-0.2, -0.15) is 0 Å². The summed E-state index contributed by atoms with van der Waals surface area (Å²) in [6.07, 6.45) is 3.38. The van der Waals surface area contributed by atoms with Gasteiger partial charge < -0.3 is 10.0 Å². The number of benzene rings is 1. The van der Waals surface area contributed by atoms with Gasteiger partial charge in [0.25, 0.3) is 5.91 Å². The maximum absolute atomic E-state index is 12.0.